The van der Waals surface area contributed by atoms with E-state index in [1.54, 1.807) is 18.2 Å². The zero-order chi connectivity index (χ0) is 15.1. The molecule has 0 aromatic heterocycles. The summed E-state index contributed by atoms with van der Waals surface area (Å²) in [6, 6.07) is 0. The molecule has 0 aliphatic carbocycles. The Bertz CT molecular complexity index is 290. The third-order valence-electron chi connectivity index (χ3n) is 3.96. The van der Waals surface area contributed by atoms with Crippen LogP contribution in [-0.2, 0) is 4.43 Å². The molecule has 0 saturated heterocycles. The number of aliphatic hydroxyl groups is 1. The van der Waals surface area contributed by atoms with E-state index < -0.39 is 8.32 Å². The third-order valence-corrected chi connectivity index (χ3v) is 8.46. The molecule has 0 spiro atoms. The summed E-state index contributed by atoms with van der Waals surface area (Å²) in [6.45, 7) is 17.9. The summed E-state index contributed by atoms with van der Waals surface area (Å²) in [4.78, 5) is 0. The van der Waals surface area contributed by atoms with E-state index >= 15 is 0 Å². The number of allylic oxidation sites excluding steroid dienone is 2. The predicted molar refractivity (Wildman–Crippen MR) is 86.9 cm³/mol. The monoisotopic (exact) mass is 284 g/mol. The van der Waals surface area contributed by atoms with Crippen LogP contribution in [0.1, 0.15) is 40.5 Å². The summed E-state index contributed by atoms with van der Waals surface area (Å²) in [5.41, 5.74) is 0. The van der Waals surface area contributed by atoms with E-state index in [0.29, 0.717) is 5.92 Å². The molecule has 1 unspecified atom stereocenters. The van der Waals surface area contributed by atoms with Crippen molar-refractivity contribution in [3.8, 4) is 0 Å². The number of hydrogen-bond donors (Lipinski definition) is 1. The molecule has 0 amide bonds. The Kier molecular flexibility index (Phi) is 7.87. The van der Waals surface area contributed by atoms with Crippen LogP contribution in [-0.4, -0.2) is 26.1 Å². The highest BCUT2D eigenvalue weighted by molar-refractivity contribution is 6.74. The van der Waals surface area contributed by atoms with Crippen molar-refractivity contribution < 1.29 is 9.53 Å². The third kappa shape index (κ3) is 7.70. The largest absolute Gasteiger partial charge is 0.417 e. The Balaban J connectivity index is 4.03. The molecule has 0 aromatic rings. The molecule has 0 saturated carbocycles. The summed E-state index contributed by atoms with van der Waals surface area (Å²) in [5, 5.41) is 9.98. The standard InChI is InChI=1S/C16H32O2Si/c1-8-9-10-15(17)12-11-14(2)13-18-19(6,7)16(3,4)5/h8-10,14-15,17H,1,11-13H2,2-7H3/b10-9+/t14-,15?/m1/s1. The van der Waals surface area contributed by atoms with Crippen LogP contribution in [0.5, 0.6) is 0 Å². The molecule has 0 heterocycles. The smallest absolute Gasteiger partial charge is 0.191 e. The van der Waals surface area contributed by atoms with Crippen LogP contribution in [0, 0.1) is 5.92 Å². The van der Waals surface area contributed by atoms with Gasteiger partial charge in [-0.1, -0.05) is 52.5 Å². The van der Waals surface area contributed by atoms with Gasteiger partial charge in [-0.15, -0.1) is 0 Å². The lowest BCUT2D eigenvalue weighted by molar-refractivity contribution is 0.181. The van der Waals surface area contributed by atoms with Crippen molar-refractivity contribution in [2.24, 2.45) is 5.92 Å². The molecule has 0 bridgehead atoms. The molecule has 0 radical (unpaired) electrons. The van der Waals surface area contributed by atoms with Gasteiger partial charge < -0.3 is 9.53 Å². The second kappa shape index (κ2) is 8.03. The molecule has 2 nitrogen and oxygen atoms in total. The highest BCUT2D eigenvalue weighted by Crippen LogP contribution is 2.36. The van der Waals surface area contributed by atoms with Gasteiger partial charge in [0.05, 0.1) is 6.10 Å². The van der Waals surface area contributed by atoms with Gasteiger partial charge >= 0.3 is 0 Å². The number of hydrogen-bond acceptors (Lipinski definition) is 2. The molecule has 0 aromatic carbocycles. The van der Waals surface area contributed by atoms with Crippen molar-refractivity contribution in [3.05, 3.63) is 24.8 Å². The van der Waals surface area contributed by atoms with Crippen LogP contribution >= 0.6 is 0 Å². The summed E-state index contributed by atoms with van der Waals surface area (Å²) in [7, 11) is -1.63. The minimum absolute atomic E-state index is 0.263. The Hall–Kier alpha value is -0.383. The molecule has 3 heteroatoms. The first-order valence-corrected chi connectivity index (χ1v) is 10.1. The first-order valence-electron chi connectivity index (χ1n) is 7.21. The maximum absolute atomic E-state index is 9.72. The normalized spacial score (nSPS) is 16.6. The van der Waals surface area contributed by atoms with E-state index in [1.807, 2.05) is 0 Å². The topological polar surface area (TPSA) is 29.5 Å². The quantitative estimate of drug-likeness (QED) is 0.524. The van der Waals surface area contributed by atoms with Gasteiger partial charge in [0.15, 0.2) is 8.32 Å². The predicted octanol–water partition coefficient (Wildman–Crippen LogP) is 4.53. The summed E-state index contributed by atoms with van der Waals surface area (Å²) >= 11 is 0. The Morgan fingerprint density at radius 2 is 1.84 bits per heavy atom. The van der Waals surface area contributed by atoms with Crippen molar-refractivity contribution in [2.45, 2.75) is 64.8 Å². The molecule has 2 atom stereocenters. The molecule has 19 heavy (non-hydrogen) atoms. The van der Waals surface area contributed by atoms with Gasteiger partial charge in [-0.05, 0) is 36.9 Å². The van der Waals surface area contributed by atoms with Crippen LogP contribution in [0.2, 0.25) is 18.1 Å². The van der Waals surface area contributed by atoms with E-state index in [1.165, 1.54) is 0 Å². The first-order chi connectivity index (χ1) is 8.60. The van der Waals surface area contributed by atoms with Crippen LogP contribution < -0.4 is 0 Å². The van der Waals surface area contributed by atoms with Crippen LogP contribution in [0.4, 0.5) is 0 Å². The lowest BCUT2D eigenvalue weighted by atomic mass is 10.0. The van der Waals surface area contributed by atoms with Crippen molar-refractivity contribution in [2.75, 3.05) is 6.61 Å². The van der Waals surface area contributed by atoms with E-state index in [-0.39, 0.29) is 11.1 Å². The van der Waals surface area contributed by atoms with E-state index in [0.717, 1.165) is 19.4 Å². The maximum Gasteiger partial charge on any atom is 0.191 e. The van der Waals surface area contributed by atoms with Gasteiger partial charge in [-0.25, -0.2) is 0 Å². The molecule has 0 aliphatic rings. The van der Waals surface area contributed by atoms with Gasteiger partial charge in [0.1, 0.15) is 0 Å². The molecule has 0 fully saturated rings. The fraction of sp³-hybridized carbons (Fsp3) is 0.750. The summed E-state index contributed by atoms with van der Waals surface area (Å²) in [5.74, 6) is 0.487. The SMILES string of the molecule is C=C/C=C/C(O)CC[C@@H](C)CO[Si](C)(C)C(C)(C)C. The Morgan fingerprint density at radius 3 is 2.32 bits per heavy atom. The second-order valence-corrected chi connectivity index (χ2v) is 11.8. The average molecular weight is 285 g/mol. The Labute approximate surface area is 120 Å². The van der Waals surface area contributed by atoms with Gasteiger partial charge in [0.25, 0.3) is 0 Å². The second-order valence-electron chi connectivity index (χ2n) is 6.94. The van der Waals surface area contributed by atoms with Crippen molar-refractivity contribution in [1.29, 1.82) is 0 Å². The summed E-state index contributed by atoms with van der Waals surface area (Å²) in [6.07, 6.45) is 6.67. The minimum atomic E-state index is -1.63. The molecule has 112 valence electrons. The summed E-state index contributed by atoms with van der Waals surface area (Å²) < 4.78 is 6.19. The fourth-order valence-electron chi connectivity index (χ4n) is 1.41. The van der Waals surface area contributed by atoms with Crippen molar-refractivity contribution in [3.63, 3.8) is 0 Å². The van der Waals surface area contributed by atoms with E-state index in [9.17, 15) is 5.11 Å². The van der Waals surface area contributed by atoms with E-state index in [4.69, 9.17) is 4.43 Å². The lowest BCUT2D eigenvalue weighted by Gasteiger charge is -2.37. The van der Waals surface area contributed by atoms with Gasteiger partial charge in [0, 0.05) is 6.61 Å². The van der Waals surface area contributed by atoms with Gasteiger partial charge in [0.2, 0.25) is 0 Å². The molecular weight excluding hydrogens is 252 g/mol. The average Bonchev–Trinajstić information content (AvgIpc) is 2.29. The zero-order valence-electron chi connectivity index (χ0n) is 13.6. The van der Waals surface area contributed by atoms with Gasteiger partial charge in [-0.2, -0.15) is 0 Å². The highest BCUT2D eigenvalue weighted by Gasteiger charge is 2.37. The molecule has 0 aliphatic heterocycles. The molecule has 1 N–H and O–H groups in total. The Morgan fingerprint density at radius 1 is 1.26 bits per heavy atom. The first kappa shape index (κ1) is 18.6. The van der Waals surface area contributed by atoms with Gasteiger partial charge in [-0.3, -0.25) is 0 Å². The zero-order valence-corrected chi connectivity index (χ0v) is 14.6. The minimum Gasteiger partial charge on any atom is -0.417 e. The van der Waals surface area contributed by atoms with Crippen LogP contribution in [0.15, 0.2) is 24.8 Å². The van der Waals surface area contributed by atoms with Crippen molar-refractivity contribution in [1.82, 2.24) is 0 Å². The van der Waals surface area contributed by atoms with Crippen LogP contribution in [0.3, 0.4) is 0 Å². The van der Waals surface area contributed by atoms with Crippen molar-refractivity contribution >= 4 is 8.32 Å². The van der Waals surface area contributed by atoms with Crippen LogP contribution in [0.25, 0.3) is 0 Å². The maximum atomic E-state index is 9.72. The van der Waals surface area contributed by atoms with E-state index in [2.05, 4.69) is 47.4 Å². The number of rotatable bonds is 8. The highest BCUT2D eigenvalue weighted by atomic mass is 28.4. The molecule has 0 rings (SSSR count). The lowest BCUT2D eigenvalue weighted by Crippen LogP contribution is -2.41. The molecular formula is C16H32O2Si. The number of aliphatic hydroxyl groups excluding tert-OH is 1. The fourth-order valence-corrected chi connectivity index (χ4v) is 2.54.